The average molecular weight is 275 g/mol. The van der Waals surface area contributed by atoms with Crippen molar-refractivity contribution in [2.24, 2.45) is 0 Å². The van der Waals surface area contributed by atoms with Crippen molar-refractivity contribution >= 4 is 5.69 Å². The maximum atomic E-state index is 11.0. The Balaban J connectivity index is 1.54. The number of nitro groups is 1. The summed E-state index contributed by atoms with van der Waals surface area (Å²) in [6.07, 6.45) is 4.54. The summed E-state index contributed by atoms with van der Waals surface area (Å²) in [4.78, 5) is 13.3. The normalized spacial score (nSPS) is 25.8. The Hall–Kier alpha value is -1.46. The summed E-state index contributed by atoms with van der Waals surface area (Å²) in [5.74, 6) is 0. The largest absolute Gasteiger partial charge is 0.312 e. The van der Waals surface area contributed by atoms with Crippen molar-refractivity contribution in [3.63, 3.8) is 0 Å². The van der Waals surface area contributed by atoms with E-state index in [-0.39, 0.29) is 10.6 Å². The zero-order valence-corrected chi connectivity index (χ0v) is 11.6. The highest BCUT2D eigenvalue weighted by Crippen LogP contribution is 2.28. The molecule has 2 atom stereocenters. The molecule has 1 aromatic carbocycles. The molecule has 0 spiro atoms. The van der Waals surface area contributed by atoms with Gasteiger partial charge in [-0.15, -0.1) is 0 Å². The first-order valence-corrected chi connectivity index (χ1v) is 7.45. The lowest BCUT2D eigenvalue weighted by Crippen LogP contribution is -2.40. The Morgan fingerprint density at radius 3 is 3.00 bits per heavy atom. The number of fused-ring (bicyclic) bond motifs is 1. The fourth-order valence-electron chi connectivity index (χ4n) is 3.61. The van der Waals surface area contributed by atoms with Crippen molar-refractivity contribution in [1.82, 2.24) is 10.2 Å². The number of hydrogen-bond acceptors (Lipinski definition) is 4. The lowest BCUT2D eigenvalue weighted by Gasteiger charge is -2.21. The third kappa shape index (κ3) is 2.69. The molecule has 1 aromatic rings. The second-order valence-electron chi connectivity index (χ2n) is 5.73. The molecule has 2 saturated heterocycles. The van der Waals surface area contributed by atoms with E-state index in [2.05, 4.69) is 10.2 Å². The van der Waals surface area contributed by atoms with Gasteiger partial charge in [0.1, 0.15) is 0 Å². The van der Waals surface area contributed by atoms with Crippen LogP contribution in [0.5, 0.6) is 0 Å². The van der Waals surface area contributed by atoms with Crippen LogP contribution in [-0.4, -0.2) is 41.5 Å². The molecule has 0 aromatic heterocycles. The maximum absolute atomic E-state index is 11.0. The molecule has 3 rings (SSSR count). The predicted octanol–water partition coefficient (Wildman–Crippen LogP) is 1.96. The van der Waals surface area contributed by atoms with E-state index in [0.29, 0.717) is 12.1 Å². The van der Waals surface area contributed by atoms with Crippen molar-refractivity contribution in [3.8, 4) is 0 Å². The van der Waals surface area contributed by atoms with Gasteiger partial charge in [-0.2, -0.15) is 0 Å². The Bertz CT molecular complexity index is 492. The zero-order chi connectivity index (χ0) is 13.9. The van der Waals surface area contributed by atoms with Crippen LogP contribution in [0.15, 0.2) is 24.3 Å². The molecule has 2 unspecified atom stereocenters. The minimum absolute atomic E-state index is 0.239. The smallest absolute Gasteiger partial charge is 0.272 e. The number of nitrogens with zero attached hydrogens (tertiary/aromatic N) is 2. The molecular weight excluding hydrogens is 254 g/mol. The van der Waals surface area contributed by atoms with Crippen LogP contribution in [0.3, 0.4) is 0 Å². The van der Waals surface area contributed by atoms with Crippen molar-refractivity contribution in [2.75, 3.05) is 19.6 Å². The van der Waals surface area contributed by atoms with Crippen LogP contribution in [-0.2, 0) is 6.42 Å². The van der Waals surface area contributed by atoms with Crippen LogP contribution in [0.1, 0.15) is 24.8 Å². The van der Waals surface area contributed by atoms with Gasteiger partial charge in [-0.25, -0.2) is 0 Å². The minimum Gasteiger partial charge on any atom is -0.312 e. The summed E-state index contributed by atoms with van der Waals surface area (Å²) >= 11 is 0. The van der Waals surface area contributed by atoms with Crippen molar-refractivity contribution < 1.29 is 4.92 Å². The van der Waals surface area contributed by atoms with Gasteiger partial charge in [-0.05, 0) is 38.8 Å². The summed E-state index contributed by atoms with van der Waals surface area (Å²) in [6.45, 7) is 3.26. The van der Waals surface area contributed by atoms with Crippen LogP contribution in [0.4, 0.5) is 5.69 Å². The second-order valence-corrected chi connectivity index (χ2v) is 5.73. The average Bonchev–Trinajstić information content (AvgIpc) is 3.03. The number of nitrogens with one attached hydrogen (secondary N) is 1. The summed E-state index contributed by atoms with van der Waals surface area (Å²) in [7, 11) is 0. The van der Waals surface area contributed by atoms with E-state index >= 15 is 0 Å². The van der Waals surface area contributed by atoms with Crippen LogP contribution in [0.2, 0.25) is 0 Å². The van der Waals surface area contributed by atoms with E-state index in [1.165, 1.54) is 32.4 Å². The Morgan fingerprint density at radius 1 is 1.30 bits per heavy atom. The fraction of sp³-hybridized carbons (Fsp3) is 0.600. The Labute approximate surface area is 119 Å². The number of hydrogen-bond donors (Lipinski definition) is 1. The standard InChI is InChI=1S/C15H21N3O2/c19-18(20)14-5-2-1-4-12(14)7-9-16-13-8-11-17-10-3-6-15(13)17/h1-2,4-5,13,15-16H,3,6-11H2. The minimum atomic E-state index is -0.288. The third-order valence-corrected chi connectivity index (χ3v) is 4.60. The quantitative estimate of drug-likeness (QED) is 0.659. The maximum Gasteiger partial charge on any atom is 0.272 e. The van der Waals surface area contributed by atoms with E-state index in [4.69, 9.17) is 0 Å². The van der Waals surface area contributed by atoms with Crippen LogP contribution in [0.25, 0.3) is 0 Å². The Morgan fingerprint density at radius 2 is 2.15 bits per heavy atom. The highest BCUT2D eigenvalue weighted by molar-refractivity contribution is 5.39. The molecule has 5 heteroatoms. The summed E-state index contributed by atoms with van der Waals surface area (Å²) in [5.41, 5.74) is 1.06. The molecule has 2 aliphatic rings. The molecule has 1 N–H and O–H groups in total. The first-order valence-electron chi connectivity index (χ1n) is 7.45. The molecule has 20 heavy (non-hydrogen) atoms. The van der Waals surface area contributed by atoms with Crippen LogP contribution in [0, 0.1) is 10.1 Å². The van der Waals surface area contributed by atoms with Gasteiger partial charge in [-0.1, -0.05) is 18.2 Å². The molecule has 2 fully saturated rings. The fourth-order valence-corrected chi connectivity index (χ4v) is 3.61. The lowest BCUT2D eigenvalue weighted by molar-refractivity contribution is -0.385. The van der Waals surface area contributed by atoms with Crippen LogP contribution >= 0.6 is 0 Å². The topological polar surface area (TPSA) is 58.4 Å². The first-order chi connectivity index (χ1) is 9.75. The molecule has 0 radical (unpaired) electrons. The van der Waals surface area contributed by atoms with Gasteiger partial charge >= 0.3 is 0 Å². The van der Waals surface area contributed by atoms with Gasteiger partial charge in [-0.3, -0.25) is 15.0 Å². The SMILES string of the molecule is O=[N+]([O-])c1ccccc1CCNC1CCN2CCCC12. The molecule has 0 amide bonds. The first kappa shape index (κ1) is 13.5. The van der Waals surface area contributed by atoms with Gasteiger partial charge < -0.3 is 5.32 Å². The van der Waals surface area contributed by atoms with E-state index in [1.54, 1.807) is 12.1 Å². The summed E-state index contributed by atoms with van der Waals surface area (Å²) in [5, 5.41) is 14.6. The van der Waals surface area contributed by atoms with Gasteiger partial charge in [0.25, 0.3) is 5.69 Å². The molecule has 5 nitrogen and oxygen atoms in total. The summed E-state index contributed by atoms with van der Waals surface area (Å²) in [6, 6.07) is 8.31. The number of para-hydroxylation sites is 1. The Kier molecular flexibility index (Phi) is 3.98. The van der Waals surface area contributed by atoms with Gasteiger partial charge in [0.2, 0.25) is 0 Å². The number of rotatable bonds is 5. The number of benzene rings is 1. The third-order valence-electron chi connectivity index (χ3n) is 4.60. The van der Waals surface area contributed by atoms with Gasteiger partial charge in [0.05, 0.1) is 4.92 Å². The molecule has 0 aliphatic carbocycles. The van der Waals surface area contributed by atoms with Crippen LogP contribution < -0.4 is 5.32 Å². The monoisotopic (exact) mass is 275 g/mol. The molecule has 2 aliphatic heterocycles. The van der Waals surface area contributed by atoms with E-state index in [9.17, 15) is 10.1 Å². The van der Waals surface area contributed by atoms with Crippen molar-refractivity contribution in [1.29, 1.82) is 0 Å². The van der Waals surface area contributed by atoms with Crippen molar-refractivity contribution in [3.05, 3.63) is 39.9 Å². The van der Waals surface area contributed by atoms with Crippen molar-refractivity contribution in [2.45, 2.75) is 37.8 Å². The molecular formula is C15H21N3O2. The molecule has 2 heterocycles. The molecule has 0 bridgehead atoms. The molecule has 108 valence electrons. The highest BCUT2D eigenvalue weighted by Gasteiger charge is 2.36. The van der Waals surface area contributed by atoms with Gasteiger partial charge in [0, 0.05) is 30.3 Å². The lowest BCUT2D eigenvalue weighted by atomic mass is 10.1. The highest BCUT2D eigenvalue weighted by atomic mass is 16.6. The summed E-state index contributed by atoms with van der Waals surface area (Å²) < 4.78 is 0. The van der Waals surface area contributed by atoms with E-state index in [0.717, 1.165) is 18.5 Å². The second kappa shape index (κ2) is 5.89. The zero-order valence-electron chi connectivity index (χ0n) is 11.6. The number of nitro benzene ring substituents is 1. The molecule has 0 saturated carbocycles. The van der Waals surface area contributed by atoms with E-state index < -0.39 is 0 Å². The van der Waals surface area contributed by atoms with E-state index in [1.807, 2.05) is 12.1 Å². The predicted molar refractivity (Wildman–Crippen MR) is 77.8 cm³/mol. The van der Waals surface area contributed by atoms with Gasteiger partial charge in [0.15, 0.2) is 0 Å².